The number of nitrogens with one attached hydrogen (secondary N) is 1. The van der Waals surface area contributed by atoms with Crippen molar-refractivity contribution in [3.8, 4) is 11.8 Å². The SMILES string of the molecule is Oc1cc(Cc2ccccc2)c(O)[nH]1. The summed E-state index contributed by atoms with van der Waals surface area (Å²) in [6.45, 7) is 0. The second-order valence-electron chi connectivity index (χ2n) is 3.19. The highest BCUT2D eigenvalue weighted by molar-refractivity contribution is 5.36. The quantitative estimate of drug-likeness (QED) is 0.676. The van der Waals surface area contributed by atoms with Crippen molar-refractivity contribution >= 4 is 0 Å². The zero-order valence-electron chi connectivity index (χ0n) is 7.57. The fraction of sp³-hybridized carbons (Fsp3) is 0.0909. The lowest BCUT2D eigenvalue weighted by atomic mass is 10.1. The van der Waals surface area contributed by atoms with Crippen molar-refractivity contribution in [1.29, 1.82) is 0 Å². The second-order valence-corrected chi connectivity index (χ2v) is 3.19. The largest absolute Gasteiger partial charge is 0.495 e. The minimum atomic E-state index is -0.00608. The number of hydrogen-bond donors (Lipinski definition) is 3. The highest BCUT2D eigenvalue weighted by Crippen LogP contribution is 2.23. The number of aromatic nitrogens is 1. The van der Waals surface area contributed by atoms with Gasteiger partial charge in [0.2, 0.25) is 0 Å². The maximum absolute atomic E-state index is 9.38. The molecule has 72 valence electrons. The molecule has 0 aliphatic rings. The molecule has 0 radical (unpaired) electrons. The van der Waals surface area contributed by atoms with Crippen molar-refractivity contribution in [1.82, 2.24) is 4.98 Å². The Morgan fingerprint density at radius 2 is 1.79 bits per heavy atom. The van der Waals surface area contributed by atoms with Gasteiger partial charge in [0.15, 0.2) is 11.8 Å². The molecule has 1 aromatic carbocycles. The van der Waals surface area contributed by atoms with Crippen LogP contribution in [0.25, 0.3) is 0 Å². The fourth-order valence-electron chi connectivity index (χ4n) is 1.42. The van der Waals surface area contributed by atoms with Crippen molar-refractivity contribution in [2.45, 2.75) is 6.42 Å². The third-order valence-corrected chi connectivity index (χ3v) is 2.10. The molecule has 3 N–H and O–H groups in total. The van der Waals surface area contributed by atoms with Crippen molar-refractivity contribution in [3.05, 3.63) is 47.5 Å². The normalized spacial score (nSPS) is 10.3. The Kier molecular flexibility index (Phi) is 2.14. The number of rotatable bonds is 2. The van der Waals surface area contributed by atoms with Crippen molar-refractivity contribution in [2.75, 3.05) is 0 Å². The van der Waals surface area contributed by atoms with Crippen LogP contribution in [0.4, 0.5) is 0 Å². The number of hydrogen-bond acceptors (Lipinski definition) is 2. The molecule has 0 aliphatic heterocycles. The molecule has 0 bridgehead atoms. The summed E-state index contributed by atoms with van der Waals surface area (Å²) in [5, 5.41) is 18.5. The Labute approximate surface area is 81.7 Å². The van der Waals surface area contributed by atoms with Gasteiger partial charge in [-0.15, -0.1) is 0 Å². The summed E-state index contributed by atoms with van der Waals surface area (Å²) in [5.74, 6) is 0.0276. The third kappa shape index (κ3) is 1.71. The third-order valence-electron chi connectivity index (χ3n) is 2.10. The van der Waals surface area contributed by atoms with Crippen LogP contribution in [0.15, 0.2) is 36.4 Å². The molecule has 0 unspecified atom stereocenters. The van der Waals surface area contributed by atoms with Crippen LogP contribution in [0.3, 0.4) is 0 Å². The Hall–Kier alpha value is -1.90. The average Bonchev–Trinajstić information content (AvgIpc) is 2.47. The Morgan fingerprint density at radius 3 is 2.36 bits per heavy atom. The van der Waals surface area contributed by atoms with Crippen LogP contribution in [-0.4, -0.2) is 15.2 Å². The molecule has 2 rings (SSSR count). The zero-order chi connectivity index (χ0) is 9.97. The first-order valence-corrected chi connectivity index (χ1v) is 4.39. The van der Waals surface area contributed by atoms with E-state index >= 15 is 0 Å². The Bertz CT molecular complexity index is 420. The van der Waals surface area contributed by atoms with Crippen LogP contribution in [0.1, 0.15) is 11.1 Å². The number of aromatic amines is 1. The van der Waals surface area contributed by atoms with Crippen molar-refractivity contribution < 1.29 is 10.2 Å². The molecule has 0 aliphatic carbocycles. The maximum Gasteiger partial charge on any atom is 0.194 e. The van der Waals surface area contributed by atoms with Crippen LogP contribution in [0.5, 0.6) is 11.8 Å². The first-order chi connectivity index (χ1) is 6.75. The summed E-state index contributed by atoms with van der Waals surface area (Å²) in [7, 11) is 0. The highest BCUT2D eigenvalue weighted by Gasteiger charge is 2.06. The molecular formula is C11H11NO2. The van der Waals surface area contributed by atoms with E-state index in [0.29, 0.717) is 12.0 Å². The number of aromatic hydroxyl groups is 2. The first-order valence-electron chi connectivity index (χ1n) is 4.39. The van der Waals surface area contributed by atoms with Gasteiger partial charge in [0.05, 0.1) is 0 Å². The Balaban J connectivity index is 2.23. The van der Waals surface area contributed by atoms with E-state index in [1.165, 1.54) is 6.07 Å². The van der Waals surface area contributed by atoms with Crippen molar-refractivity contribution in [2.24, 2.45) is 0 Å². The van der Waals surface area contributed by atoms with Gasteiger partial charge >= 0.3 is 0 Å². The van der Waals surface area contributed by atoms with Crippen LogP contribution in [0, 0.1) is 0 Å². The smallest absolute Gasteiger partial charge is 0.194 e. The van der Waals surface area contributed by atoms with E-state index in [9.17, 15) is 5.11 Å². The summed E-state index contributed by atoms with van der Waals surface area (Å²) >= 11 is 0. The van der Waals surface area contributed by atoms with Gasteiger partial charge in [-0.2, -0.15) is 0 Å². The molecule has 0 spiro atoms. The lowest BCUT2D eigenvalue weighted by molar-refractivity contribution is 0.423. The molecule has 0 saturated heterocycles. The van der Waals surface area contributed by atoms with Gasteiger partial charge in [0.1, 0.15) is 0 Å². The van der Waals surface area contributed by atoms with Gasteiger partial charge in [-0.1, -0.05) is 30.3 Å². The summed E-state index contributed by atoms with van der Waals surface area (Å²) in [6, 6.07) is 11.3. The molecule has 0 amide bonds. The lowest BCUT2D eigenvalue weighted by Gasteiger charge is -1.98. The van der Waals surface area contributed by atoms with E-state index in [1.54, 1.807) is 0 Å². The van der Waals surface area contributed by atoms with Gasteiger partial charge in [-0.3, -0.25) is 4.98 Å². The number of H-pyrrole nitrogens is 1. The fourth-order valence-corrected chi connectivity index (χ4v) is 1.42. The molecule has 0 atom stereocenters. The molecule has 0 fully saturated rings. The monoisotopic (exact) mass is 189 g/mol. The standard InChI is InChI=1S/C11H11NO2/c13-10-7-9(11(14)12-10)6-8-4-2-1-3-5-8/h1-5,7,12-14H,6H2. The molecule has 2 aromatic rings. The molecule has 1 heterocycles. The van der Waals surface area contributed by atoms with Crippen molar-refractivity contribution in [3.63, 3.8) is 0 Å². The van der Waals surface area contributed by atoms with Gasteiger partial charge < -0.3 is 10.2 Å². The summed E-state index contributed by atoms with van der Waals surface area (Å²) in [5.41, 5.74) is 1.80. The van der Waals surface area contributed by atoms with E-state index in [2.05, 4.69) is 4.98 Å². The lowest BCUT2D eigenvalue weighted by Crippen LogP contribution is -1.84. The van der Waals surface area contributed by atoms with E-state index in [4.69, 9.17) is 5.11 Å². The minimum Gasteiger partial charge on any atom is -0.495 e. The predicted molar refractivity (Wildman–Crippen MR) is 53.4 cm³/mol. The molecule has 14 heavy (non-hydrogen) atoms. The molecule has 3 heteroatoms. The van der Waals surface area contributed by atoms with Crippen LogP contribution in [-0.2, 0) is 6.42 Å². The summed E-state index contributed by atoms with van der Waals surface area (Å²) in [4.78, 5) is 2.44. The summed E-state index contributed by atoms with van der Waals surface area (Å²) in [6.07, 6.45) is 0.615. The molecular weight excluding hydrogens is 178 g/mol. The Morgan fingerprint density at radius 1 is 1.07 bits per heavy atom. The highest BCUT2D eigenvalue weighted by atomic mass is 16.3. The van der Waals surface area contributed by atoms with Crippen LogP contribution in [0.2, 0.25) is 0 Å². The van der Waals surface area contributed by atoms with Gasteiger partial charge in [0.25, 0.3) is 0 Å². The van der Waals surface area contributed by atoms with Crippen LogP contribution < -0.4 is 0 Å². The van der Waals surface area contributed by atoms with Gasteiger partial charge in [-0.05, 0) is 5.56 Å². The molecule has 1 aromatic heterocycles. The van der Waals surface area contributed by atoms with Gasteiger partial charge in [-0.25, -0.2) is 0 Å². The topological polar surface area (TPSA) is 56.2 Å². The second kappa shape index (κ2) is 3.46. The predicted octanol–water partition coefficient (Wildman–Crippen LogP) is 2.02. The maximum atomic E-state index is 9.38. The minimum absolute atomic E-state index is 0.00608. The first kappa shape index (κ1) is 8.69. The zero-order valence-corrected chi connectivity index (χ0v) is 7.57. The number of benzene rings is 1. The van der Waals surface area contributed by atoms with Crippen LogP contribution >= 0.6 is 0 Å². The molecule has 3 nitrogen and oxygen atoms in total. The van der Waals surface area contributed by atoms with E-state index < -0.39 is 0 Å². The van der Waals surface area contributed by atoms with E-state index in [0.717, 1.165) is 5.56 Å². The van der Waals surface area contributed by atoms with Gasteiger partial charge in [0, 0.05) is 18.1 Å². The molecule has 0 saturated carbocycles. The summed E-state index contributed by atoms with van der Waals surface area (Å²) < 4.78 is 0. The van der Waals surface area contributed by atoms with E-state index in [1.807, 2.05) is 30.3 Å². The average molecular weight is 189 g/mol. The van der Waals surface area contributed by atoms with E-state index in [-0.39, 0.29) is 11.8 Å².